The van der Waals surface area contributed by atoms with E-state index in [1.54, 1.807) is 0 Å². The second kappa shape index (κ2) is 7.08. The van der Waals surface area contributed by atoms with E-state index < -0.39 is 5.41 Å². The molecule has 0 aromatic carbocycles. The summed E-state index contributed by atoms with van der Waals surface area (Å²) in [5, 5.41) is 18.9. The topological polar surface area (TPSA) is 64.3 Å². The lowest BCUT2D eigenvalue weighted by molar-refractivity contribution is -0.144. The van der Waals surface area contributed by atoms with Gasteiger partial charge in [-0.15, -0.1) is 0 Å². The molecule has 112 valence electrons. The molecule has 0 radical (unpaired) electrons. The van der Waals surface area contributed by atoms with Crippen LogP contribution in [0.4, 0.5) is 0 Å². The number of amides is 1. The maximum Gasteiger partial charge on any atom is 0.243 e. The molecule has 0 heterocycles. The zero-order valence-corrected chi connectivity index (χ0v) is 12.3. The van der Waals surface area contributed by atoms with Crippen molar-refractivity contribution >= 4 is 5.91 Å². The normalized spacial score (nSPS) is 23.0. The molecule has 1 amide bonds. The van der Waals surface area contributed by atoms with Gasteiger partial charge < -0.3 is 10.0 Å². The lowest BCUT2D eigenvalue weighted by atomic mass is 9.73. The predicted molar refractivity (Wildman–Crippen MR) is 76.8 cm³/mol. The summed E-state index contributed by atoms with van der Waals surface area (Å²) in [6.45, 7) is 0.372. The van der Waals surface area contributed by atoms with E-state index in [1.165, 1.54) is 6.42 Å². The smallest absolute Gasteiger partial charge is 0.243 e. The van der Waals surface area contributed by atoms with Crippen LogP contribution in [0.2, 0.25) is 0 Å². The first kappa shape index (κ1) is 15.3. The summed E-state index contributed by atoms with van der Waals surface area (Å²) in [7, 11) is 0. The zero-order valence-electron chi connectivity index (χ0n) is 12.3. The molecule has 20 heavy (non-hydrogen) atoms. The van der Waals surface area contributed by atoms with Crippen LogP contribution < -0.4 is 0 Å². The van der Waals surface area contributed by atoms with Crippen molar-refractivity contribution in [2.45, 2.75) is 70.3 Å². The average Bonchev–Trinajstić information content (AvgIpc) is 2.53. The van der Waals surface area contributed by atoms with Gasteiger partial charge in [0.2, 0.25) is 5.91 Å². The number of aliphatic hydroxyl groups excluding tert-OH is 1. The van der Waals surface area contributed by atoms with Crippen LogP contribution in [0.1, 0.15) is 64.2 Å². The van der Waals surface area contributed by atoms with Crippen LogP contribution in [0, 0.1) is 16.7 Å². The molecule has 4 heteroatoms. The summed E-state index contributed by atoms with van der Waals surface area (Å²) < 4.78 is 0. The Labute approximate surface area is 121 Å². The second-order valence-corrected chi connectivity index (χ2v) is 6.27. The largest absolute Gasteiger partial charge is 0.395 e. The third-order valence-corrected chi connectivity index (χ3v) is 4.95. The fourth-order valence-electron chi connectivity index (χ4n) is 3.75. The highest BCUT2D eigenvalue weighted by Gasteiger charge is 2.44. The highest BCUT2D eigenvalue weighted by atomic mass is 16.3. The Bertz CT molecular complexity index is 363. The molecule has 2 fully saturated rings. The first-order valence-corrected chi connectivity index (χ1v) is 8.07. The van der Waals surface area contributed by atoms with Crippen LogP contribution >= 0.6 is 0 Å². The van der Waals surface area contributed by atoms with Gasteiger partial charge in [-0.3, -0.25) is 4.79 Å². The molecule has 0 aromatic rings. The Balaban J connectivity index is 2.14. The highest BCUT2D eigenvalue weighted by Crippen LogP contribution is 2.38. The molecule has 0 unspecified atom stereocenters. The summed E-state index contributed by atoms with van der Waals surface area (Å²) in [5.41, 5.74) is -0.815. The van der Waals surface area contributed by atoms with Crippen molar-refractivity contribution in [1.29, 1.82) is 5.26 Å². The molecule has 0 aliphatic heterocycles. The summed E-state index contributed by atoms with van der Waals surface area (Å²) in [5.74, 6) is -0.0133. The van der Waals surface area contributed by atoms with E-state index in [-0.39, 0.29) is 18.6 Å². The molecule has 0 saturated heterocycles. The number of carbonyl (C=O) groups excluding carboxylic acids is 1. The molecule has 2 aliphatic carbocycles. The fourth-order valence-corrected chi connectivity index (χ4v) is 3.75. The lowest BCUT2D eigenvalue weighted by Gasteiger charge is -2.40. The van der Waals surface area contributed by atoms with Crippen LogP contribution in [-0.4, -0.2) is 35.1 Å². The molecule has 0 bridgehead atoms. The van der Waals surface area contributed by atoms with Crippen molar-refractivity contribution in [2.75, 3.05) is 13.2 Å². The van der Waals surface area contributed by atoms with Crippen molar-refractivity contribution in [3.8, 4) is 6.07 Å². The molecule has 2 rings (SSSR count). The second-order valence-electron chi connectivity index (χ2n) is 6.27. The van der Waals surface area contributed by atoms with E-state index in [4.69, 9.17) is 0 Å². The van der Waals surface area contributed by atoms with Crippen molar-refractivity contribution in [3.05, 3.63) is 0 Å². The Morgan fingerprint density at radius 2 is 1.75 bits per heavy atom. The number of carbonyl (C=O) groups is 1. The van der Waals surface area contributed by atoms with E-state index in [2.05, 4.69) is 6.07 Å². The highest BCUT2D eigenvalue weighted by molar-refractivity contribution is 5.86. The van der Waals surface area contributed by atoms with Gasteiger partial charge in [0.15, 0.2) is 0 Å². The van der Waals surface area contributed by atoms with Crippen LogP contribution in [0.5, 0.6) is 0 Å². The molecular weight excluding hydrogens is 252 g/mol. The molecule has 4 nitrogen and oxygen atoms in total. The fraction of sp³-hybridized carbons (Fsp3) is 0.875. The maximum absolute atomic E-state index is 12.9. The summed E-state index contributed by atoms with van der Waals surface area (Å²) in [6, 6.07) is 2.55. The van der Waals surface area contributed by atoms with Crippen LogP contribution in [0.25, 0.3) is 0 Å². The van der Waals surface area contributed by atoms with Gasteiger partial charge in [0.05, 0.1) is 12.7 Å². The predicted octanol–water partition coefficient (Wildman–Crippen LogP) is 2.61. The van der Waals surface area contributed by atoms with Crippen LogP contribution in [0.15, 0.2) is 0 Å². The minimum atomic E-state index is -0.815. The van der Waals surface area contributed by atoms with Gasteiger partial charge in [-0.1, -0.05) is 38.5 Å². The van der Waals surface area contributed by atoms with E-state index in [0.717, 1.165) is 44.9 Å². The Hall–Kier alpha value is -1.08. The molecular formula is C16H26N2O2. The zero-order chi connectivity index (χ0) is 14.4. The number of nitriles is 1. The summed E-state index contributed by atoms with van der Waals surface area (Å²) in [4.78, 5) is 14.8. The third kappa shape index (κ3) is 3.15. The van der Waals surface area contributed by atoms with Gasteiger partial charge >= 0.3 is 0 Å². The first-order chi connectivity index (χ1) is 9.73. The summed E-state index contributed by atoms with van der Waals surface area (Å²) in [6.07, 6.45) is 10.0. The number of hydrogen-bond acceptors (Lipinski definition) is 3. The Morgan fingerprint density at radius 3 is 2.30 bits per heavy atom. The standard InChI is InChI=1S/C16H26N2O2/c17-13-16(9-5-2-6-10-16)15(20)18(11-12-19)14-7-3-1-4-8-14/h14,19H,1-12H2. The van der Waals surface area contributed by atoms with E-state index >= 15 is 0 Å². The Kier molecular flexibility index (Phi) is 5.42. The number of hydrogen-bond donors (Lipinski definition) is 1. The van der Waals surface area contributed by atoms with Crippen LogP contribution in [-0.2, 0) is 4.79 Å². The SMILES string of the molecule is N#CC1(C(=O)N(CCO)C2CCCCC2)CCCCC1. The van der Waals surface area contributed by atoms with Gasteiger partial charge in [0.1, 0.15) is 5.41 Å². The molecule has 1 N–H and O–H groups in total. The summed E-state index contributed by atoms with van der Waals surface area (Å²) >= 11 is 0. The number of rotatable bonds is 4. The number of nitrogens with zero attached hydrogens (tertiary/aromatic N) is 2. The van der Waals surface area contributed by atoms with Gasteiger partial charge in [-0.05, 0) is 25.7 Å². The van der Waals surface area contributed by atoms with E-state index in [0.29, 0.717) is 19.4 Å². The minimum Gasteiger partial charge on any atom is -0.395 e. The lowest BCUT2D eigenvalue weighted by Crippen LogP contribution is -2.50. The van der Waals surface area contributed by atoms with Crippen molar-refractivity contribution in [1.82, 2.24) is 4.90 Å². The van der Waals surface area contributed by atoms with Crippen molar-refractivity contribution < 1.29 is 9.90 Å². The van der Waals surface area contributed by atoms with Gasteiger partial charge in [0.25, 0.3) is 0 Å². The van der Waals surface area contributed by atoms with E-state index in [9.17, 15) is 15.2 Å². The minimum absolute atomic E-state index is 0.0102. The maximum atomic E-state index is 12.9. The average molecular weight is 278 g/mol. The molecule has 0 aromatic heterocycles. The van der Waals surface area contributed by atoms with Gasteiger partial charge in [-0.2, -0.15) is 5.26 Å². The monoisotopic (exact) mass is 278 g/mol. The van der Waals surface area contributed by atoms with Crippen molar-refractivity contribution in [3.63, 3.8) is 0 Å². The molecule has 0 spiro atoms. The quantitative estimate of drug-likeness (QED) is 0.859. The third-order valence-electron chi connectivity index (χ3n) is 4.95. The van der Waals surface area contributed by atoms with Crippen molar-refractivity contribution in [2.24, 2.45) is 5.41 Å². The van der Waals surface area contributed by atoms with Gasteiger partial charge in [-0.25, -0.2) is 0 Å². The number of aliphatic hydroxyl groups is 1. The van der Waals surface area contributed by atoms with E-state index in [1.807, 2.05) is 4.90 Å². The Morgan fingerprint density at radius 1 is 1.15 bits per heavy atom. The van der Waals surface area contributed by atoms with Crippen LogP contribution in [0.3, 0.4) is 0 Å². The molecule has 2 saturated carbocycles. The molecule has 2 aliphatic rings. The van der Waals surface area contributed by atoms with Gasteiger partial charge in [0, 0.05) is 12.6 Å². The first-order valence-electron chi connectivity index (χ1n) is 8.07. The molecule has 0 atom stereocenters.